The van der Waals surface area contributed by atoms with Gasteiger partial charge in [-0.2, -0.15) is 0 Å². The van der Waals surface area contributed by atoms with Gasteiger partial charge in [-0.15, -0.1) is 0 Å². The SMILES string of the molecule is COc1ccc(N)c(Cc2ccc(Br)o2)c1. The smallest absolute Gasteiger partial charge is 0.169 e. The maximum absolute atomic E-state index is 5.89. The number of anilines is 1. The van der Waals surface area contributed by atoms with Gasteiger partial charge in [0.25, 0.3) is 0 Å². The summed E-state index contributed by atoms with van der Waals surface area (Å²) >= 11 is 3.27. The highest BCUT2D eigenvalue weighted by Crippen LogP contribution is 2.24. The number of nitrogens with two attached hydrogens (primary N) is 1. The average Bonchev–Trinajstić information content (AvgIpc) is 2.67. The Morgan fingerprint density at radius 2 is 2.12 bits per heavy atom. The van der Waals surface area contributed by atoms with Crippen LogP contribution in [0.5, 0.6) is 5.75 Å². The minimum Gasteiger partial charge on any atom is -0.497 e. The number of hydrogen-bond acceptors (Lipinski definition) is 3. The molecule has 84 valence electrons. The molecule has 0 atom stereocenters. The molecule has 2 aromatic rings. The second-order valence-electron chi connectivity index (χ2n) is 3.45. The van der Waals surface area contributed by atoms with Gasteiger partial charge in [0.2, 0.25) is 0 Å². The van der Waals surface area contributed by atoms with Crippen LogP contribution in [0.15, 0.2) is 39.4 Å². The van der Waals surface area contributed by atoms with Crippen molar-refractivity contribution < 1.29 is 9.15 Å². The van der Waals surface area contributed by atoms with Gasteiger partial charge in [0, 0.05) is 12.1 Å². The molecule has 0 saturated carbocycles. The number of methoxy groups -OCH3 is 1. The fourth-order valence-corrected chi connectivity index (χ4v) is 1.84. The van der Waals surface area contributed by atoms with E-state index in [1.807, 2.05) is 30.3 Å². The highest BCUT2D eigenvalue weighted by atomic mass is 79.9. The number of halogens is 1. The molecule has 16 heavy (non-hydrogen) atoms. The van der Waals surface area contributed by atoms with Crippen molar-refractivity contribution in [2.75, 3.05) is 12.8 Å². The average molecular weight is 282 g/mol. The second kappa shape index (κ2) is 4.61. The number of nitrogen functional groups attached to an aromatic ring is 1. The van der Waals surface area contributed by atoms with Gasteiger partial charge >= 0.3 is 0 Å². The van der Waals surface area contributed by atoms with Gasteiger partial charge in [0.05, 0.1) is 7.11 Å². The molecule has 0 spiro atoms. The lowest BCUT2D eigenvalue weighted by Crippen LogP contribution is -1.96. The quantitative estimate of drug-likeness (QED) is 0.879. The first kappa shape index (κ1) is 11.1. The topological polar surface area (TPSA) is 48.4 Å². The van der Waals surface area contributed by atoms with Crippen molar-refractivity contribution in [1.29, 1.82) is 0 Å². The van der Waals surface area contributed by atoms with Crippen molar-refractivity contribution in [3.63, 3.8) is 0 Å². The Morgan fingerprint density at radius 3 is 2.75 bits per heavy atom. The number of furan rings is 1. The zero-order chi connectivity index (χ0) is 11.5. The van der Waals surface area contributed by atoms with Crippen molar-refractivity contribution in [1.82, 2.24) is 0 Å². The molecule has 1 heterocycles. The molecule has 4 heteroatoms. The third-order valence-electron chi connectivity index (χ3n) is 2.34. The van der Waals surface area contributed by atoms with E-state index in [-0.39, 0.29) is 0 Å². The largest absolute Gasteiger partial charge is 0.497 e. The molecule has 0 saturated heterocycles. The maximum atomic E-state index is 5.89. The van der Waals surface area contributed by atoms with Crippen LogP contribution in [0.25, 0.3) is 0 Å². The van der Waals surface area contributed by atoms with Crippen LogP contribution in [0.1, 0.15) is 11.3 Å². The molecule has 1 aromatic heterocycles. The normalized spacial score (nSPS) is 10.4. The van der Waals surface area contributed by atoms with E-state index in [0.717, 1.165) is 27.4 Å². The molecule has 0 aliphatic heterocycles. The van der Waals surface area contributed by atoms with Gasteiger partial charge in [-0.3, -0.25) is 0 Å². The van der Waals surface area contributed by atoms with Gasteiger partial charge in [-0.1, -0.05) is 0 Å². The standard InChI is InChI=1S/C12H12BrNO2/c1-15-9-2-4-11(14)8(6-9)7-10-3-5-12(13)16-10/h2-6H,7,14H2,1H3. The first-order valence-corrected chi connectivity index (χ1v) is 5.65. The van der Waals surface area contributed by atoms with Crippen LogP contribution in [0.2, 0.25) is 0 Å². The molecular weight excluding hydrogens is 270 g/mol. The Balaban J connectivity index is 2.26. The van der Waals surface area contributed by atoms with Crippen LogP contribution in [0, 0.1) is 0 Å². The van der Waals surface area contributed by atoms with Crippen LogP contribution in [0.3, 0.4) is 0 Å². The van der Waals surface area contributed by atoms with Crippen LogP contribution < -0.4 is 10.5 Å². The summed E-state index contributed by atoms with van der Waals surface area (Å²) in [5, 5.41) is 0. The minimum absolute atomic E-state index is 0.661. The summed E-state index contributed by atoms with van der Waals surface area (Å²) in [6, 6.07) is 9.39. The van der Waals surface area contributed by atoms with Crippen molar-refractivity contribution in [3.05, 3.63) is 46.3 Å². The van der Waals surface area contributed by atoms with E-state index in [1.165, 1.54) is 0 Å². The zero-order valence-corrected chi connectivity index (χ0v) is 10.5. The molecule has 0 aliphatic carbocycles. The second-order valence-corrected chi connectivity index (χ2v) is 4.23. The maximum Gasteiger partial charge on any atom is 0.169 e. The predicted molar refractivity (Wildman–Crippen MR) is 66.6 cm³/mol. The molecule has 0 radical (unpaired) electrons. The summed E-state index contributed by atoms with van der Waals surface area (Å²) in [7, 11) is 1.64. The Kier molecular flexibility index (Phi) is 3.19. The lowest BCUT2D eigenvalue weighted by Gasteiger charge is -2.06. The molecule has 1 aromatic carbocycles. The van der Waals surface area contributed by atoms with E-state index < -0.39 is 0 Å². The molecule has 2 N–H and O–H groups in total. The third kappa shape index (κ3) is 2.39. The van der Waals surface area contributed by atoms with Crippen LogP contribution >= 0.6 is 15.9 Å². The Morgan fingerprint density at radius 1 is 1.31 bits per heavy atom. The fourth-order valence-electron chi connectivity index (χ4n) is 1.50. The molecule has 0 bridgehead atoms. The highest BCUT2D eigenvalue weighted by molar-refractivity contribution is 9.10. The third-order valence-corrected chi connectivity index (χ3v) is 2.77. The fraction of sp³-hybridized carbons (Fsp3) is 0.167. The molecule has 0 aliphatic rings. The Hall–Kier alpha value is -1.42. The molecule has 3 nitrogen and oxygen atoms in total. The van der Waals surface area contributed by atoms with Crippen molar-refractivity contribution in [2.24, 2.45) is 0 Å². The lowest BCUT2D eigenvalue weighted by molar-refractivity contribution is 0.414. The summed E-state index contributed by atoms with van der Waals surface area (Å²) in [6.07, 6.45) is 0.661. The molecule has 0 amide bonds. The summed E-state index contributed by atoms with van der Waals surface area (Å²) in [5.74, 6) is 1.67. The van der Waals surface area contributed by atoms with Gasteiger partial charge < -0.3 is 14.9 Å². The summed E-state index contributed by atoms with van der Waals surface area (Å²) in [5.41, 5.74) is 7.63. The van der Waals surface area contributed by atoms with E-state index in [2.05, 4.69) is 15.9 Å². The molecule has 2 rings (SSSR count). The minimum atomic E-state index is 0.661. The molecule has 0 unspecified atom stereocenters. The van der Waals surface area contributed by atoms with E-state index in [0.29, 0.717) is 6.42 Å². The first-order valence-electron chi connectivity index (χ1n) is 4.85. The van der Waals surface area contributed by atoms with Crippen LogP contribution in [0.4, 0.5) is 5.69 Å². The van der Waals surface area contributed by atoms with Gasteiger partial charge in [-0.05, 0) is 51.8 Å². The van der Waals surface area contributed by atoms with Crippen molar-refractivity contribution >= 4 is 21.6 Å². The first-order chi connectivity index (χ1) is 7.69. The zero-order valence-electron chi connectivity index (χ0n) is 8.87. The lowest BCUT2D eigenvalue weighted by atomic mass is 10.1. The highest BCUT2D eigenvalue weighted by Gasteiger charge is 2.06. The van der Waals surface area contributed by atoms with E-state index in [4.69, 9.17) is 14.9 Å². The number of rotatable bonds is 3. The monoisotopic (exact) mass is 281 g/mol. The van der Waals surface area contributed by atoms with Gasteiger partial charge in [-0.25, -0.2) is 0 Å². The molecule has 0 fully saturated rings. The number of ether oxygens (including phenoxy) is 1. The summed E-state index contributed by atoms with van der Waals surface area (Å²) in [6.45, 7) is 0. The van der Waals surface area contributed by atoms with Crippen molar-refractivity contribution in [2.45, 2.75) is 6.42 Å². The van der Waals surface area contributed by atoms with Crippen molar-refractivity contribution in [3.8, 4) is 5.75 Å². The number of hydrogen-bond donors (Lipinski definition) is 1. The van der Waals surface area contributed by atoms with Crippen LogP contribution in [-0.4, -0.2) is 7.11 Å². The van der Waals surface area contributed by atoms with E-state index >= 15 is 0 Å². The Labute approximate surface area is 102 Å². The summed E-state index contributed by atoms with van der Waals surface area (Å²) in [4.78, 5) is 0. The number of benzene rings is 1. The predicted octanol–water partition coefficient (Wildman–Crippen LogP) is 3.22. The van der Waals surface area contributed by atoms with E-state index in [9.17, 15) is 0 Å². The van der Waals surface area contributed by atoms with E-state index in [1.54, 1.807) is 7.11 Å². The van der Waals surface area contributed by atoms with Gasteiger partial charge in [0.1, 0.15) is 11.5 Å². The van der Waals surface area contributed by atoms with Crippen LogP contribution in [-0.2, 0) is 6.42 Å². The Bertz CT molecular complexity index is 494. The molecular formula is C12H12BrNO2. The van der Waals surface area contributed by atoms with Gasteiger partial charge in [0.15, 0.2) is 4.67 Å². The summed E-state index contributed by atoms with van der Waals surface area (Å²) < 4.78 is 11.3.